The van der Waals surface area contributed by atoms with Crippen LogP contribution >= 0.6 is 0 Å². The highest BCUT2D eigenvalue weighted by molar-refractivity contribution is 5.84. The van der Waals surface area contributed by atoms with Crippen LogP contribution < -0.4 is 0 Å². The lowest BCUT2D eigenvalue weighted by molar-refractivity contribution is -0.139. The lowest BCUT2D eigenvalue weighted by Gasteiger charge is -2.36. The average molecular weight is 378 g/mol. The van der Waals surface area contributed by atoms with E-state index in [0.717, 1.165) is 45.4 Å². The van der Waals surface area contributed by atoms with Gasteiger partial charge in [-0.1, -0.05) is 26.2 Å². The smallest absolute Gasteiger partial charge is 0.223 e. The molecule has 0 aromatic heterocycles. The van der Waals surface area contributed by atoms with E-state index < -0.39 is 0 Å². The van der Waals surface area contributed by atoms with E-state index in [-0.39, 0.29) is 11.8 Å². The summed E-state index contributed by atoms with van der Waals surface area (Å²) in [5.41, 5.74) is 0. The third kappa shape index (κ3) is 5.24. The quantitative estimate of drug-likeness (QED) is 0.713. The number of carbonyl (C=O) groups is 2. The molecule has 1 aliphatic carbocycles. The van der Waals surface area contributed by atoms with Gasteiger partial charge in [-0.2, -0.15) is 0 Å². The summed E-state index contributed by atoms with van der Waals surface area (Å²) in [6.45, 7) is 6.35. The lowest BCUT2D eigenvalue weighted by atomic mass is 9.83. The van der Waals surface area contributed by atoms with Gasteiger partial charge in [0, 0.05) is 51.6 Å². The molecule has 2 saturated heterocycles. The molecule has 3 aliphatic rings. The van der Waals surface area contributed by atoms with Gasteiger partial charge in [-0.25, -0.2) is 0 Å². The number of nitrogens with zero attached hydrogens (tertiary/aromatic N) is 3. The maximum absolute atomic E-state index is 12.8. The van der Waals surface area contributed by atoms with Crippen molar-refractivity contribution in [2.24, 2.45) is 5.92 Å². The van der Waals surface area contributed by atoms with E-state index in [1.807, 2.05) is 11.9 Å². The summed E-state index contributed by atoms with van der Waals surface area (Å²) in [6.07, 6.45) is 11.7. The molecule has 0 radical (unpaired) electrons. The van der Waals surface area contributed by atoms with Crippen molar-refractivity contribution >= 4 is 11.8 Å². The van der Waals surface area contributed by atoms with E-state index in [2.05, 4.69) is 16.7 Å². The highest BCUT2D eigenvalue weighted by atomic mass is 16.2. The number of rotatable bonds is 6. The van der Waals surface area contributed by atoms with Crippen LogP contribution in [0.1, 0.15) is 77.6 Å². The number of hydrogen-bond donors (Lipinski definition) is 0. The molecular weight excluding hydrogens is 338 g/mol. The number of amides is 2. The summed E-state index contributed by atoms with van der Waals surface area (Å²) in [6, 6.07) is 0.793. The zero-order valence-electron chi connectivity index (χ0n) is 17.5. The van der Waals surface area contributed by atoms with Crippen molar-refractivity contribution < 1.29 is 9.59 Å². The Balaban J connectivity index is 1.44. The van der Waals surface area contributed by atoms with Crippen LogP contribution in [0.3, 0.4) is 0 Å². The van der Waals surface area contributed by atoms with Gasteiger partial charge in [0.2, 0.25) is 11.8 Å². The van der Waals surface area contributed by atoms with Gasteiger partial charge >= 0.3 is 0 Å². The third-order valence-corrected chi connectivity index (χ3v) is 7.31. The first-order valence-electron chi connectivity index (χ1n) is 11.4. The lowest BCUT2D eigenvalue weighted by Crippen LogP contribution is -2.46. The molecule has 3 rings (SSSR count). The van der Waals surface area contributed by atoms with Gasteiger partial charge in [0.05, 0.1) is 0 Å². The molecule has 0 aromatic carbocycles. The molecule has 27 heavy (non-hydrogen) atoms. The van der Waals surface area contributed by atoms with Crippen molar-refractivity contribution in [3.63, 3.8) is 0 Å². The van der Waals surface area contributed by atoms with E-state index in [1.54, 1.807) is 0 Å². The van der Waals surface area contributed by atoms with Gasteiger partial charge in [0.1, 0.15) is 0 Å². The second-order valence-electron chi connectivity index (χ2n) is 8.86. The molecule has 1 atom stereocenters. The Bertz CT molecular complexity index is 496. The molecule has 0 N–H and O–H groups in total. The molecule has 2 aliphatic heterocycles. The standard InChI is InChI=1S/C22H39N3O2/c1-3-24-16-13-19(14-17-24)23(2)21(26)11-12-22(27)25-15-7-10-20(25)18-8-5-4-6-9-18/h18-20H,3-17H2,1-2H3/t20-/m1/s1. The molecule has 3 fully saturated rings. The number of hydrogen-bond acceptors (Lipinski definition) is 3. The van der Waals surface area contributed by atoms with Gasteiger partial charge in [0.15, 0.2) is 0 Å². The van der Waals surface area contributed by atoms with Gasteiger partial charge in [0.25, 0.3) is 0 Å². The second-order valence-corrected chi connectivity index (χ2v) is 8.86. The summed E-state index contributed by atoms with van der Waals surface area (Å²) in [5, 5.41) is 0. The van der Waals surface area contributed by atoms with Crippen LogP contribution in [0.5, 0.6) is 0 Å². The largest absolute Gasteiger partial charge is 0.343 e. The molecule has 5 heteroatoms. The minimum atomic E-state index is 0.145. The van der Waals surface area contributed by atoms with Gasteiger partial charge in [-0.05, 0) is 51.0 Å². The first kappa shape index (κ1) is 20.6. The summed E-state index contributed by atoms with van der Waals surface area (Å²) in [4.78, 5) is 32.0. The Morgan fingerprint density at radius 3 is 2.26 bits per heavy atom. The Hall–Kier alpha value is -1.10. The molecule has 0 spiro atoms. The van der Waals surface area contributed by atoms with Crippen LogP contribution in [0.2, 0.25) is 0 Å². The van der Waals surface area contributed by atoms with Crippen LogP contribution in [-0.2, 0) is 9.59 Å². The van der Waals surface area contributed by atoms with Crippen molar-refractivity contribution in [3.05, 3.63) is 0 Å². The Kier molecular flexibility index (Phi) is 7.57. The van der Waals surface area contributed by atoms with E-state index in [9.17, 15) is 9.59 Å². The highest BCUT2D eigenvalue weighted by Crippen LogP contribution is 2.34. The van der Waals surface area contributed by atoms with Gasteiger partial charge < -0.3 is 14.7 Å². The first-order valence-corrected chi connectivity index (χ1v) is 11.4. The number of carbonyl (C=O) groups excluding carboxylic acids is 2. The molecule has 0 bridgehead atoms. The minimum absolute atomic E-state index is 0.145. The van der Waals surface area contributed by atoms with Crippen molar-refractivity contribution in [3.8, 4) is 0 Å². The van der Waals surface area contributed by atoms with Crippen LogP contribution in [0.25, 0.3) is 0 Å². The van der Waals surface area contributed by atoms with Crippen molar-refractivity contribution in [1.29, 1.82) is 0 Å². The predicted octanol–water partition coefficient (Wildman–Crippen LogP) is 3.28. The SMILES string of the molecule is CCN1CCC(N(C)C(=O)CCC(=O)N2CCC[C@@H]2C2CCCCC2)CC1. The first-order chi connectivity index (χ1) is 13.1. The zero-order chi connectivity index (χ0) is 19.2. The molecule has 2 heterocycles. The molecule has 5 nitrogen and oxygen atoms in total. The maximum Gasteiger partial charge on any atom is 0.223 e. The molecule has 154 valence electrons. The minimum Gasteiger partial charge on any atom is -0.343 e. The normalized spacial score (nSPS) is 25.7. The molecule has 2 amide bonds. The predicted molar refractivity (Wildman–Crippen MR) is 108 cm³/mol. The monoisotopic (exact) mass is 377 g/mol. The fourth-order valence-electron chi connectivity index (χ4n) is 5.47. The third-order valence-electron chi connectivity index (χ3n) is 7.31. The van der Waals surface area contributed by atoms with Crippen LogP contribution in [0.15, 0.2) is 0 Å². The van der Waals surface area contributed by atoms with Crippen molar-refractivity contribution in [2.75, 3.05) is 33.2 Å². The summed E-state index contributed by atoms with van der Waals surface area (Å²) in [7, 11) is 1.93. The zero-order valence-corrected chi connectivity index (χ0v) is 17.5. The van der Waals surface area contributed by atoms with Gasteiger partial charge in [-0.3, -0.25) is 9.59 Å². The highest BCUT2D eigenvalue weighted by Gasteiger charge is 2.35. The summed E-state index contributed by atoms with van der Waals surface area (Å²) < 4.78 is 0. The molecule has 0 unspecified atom stereocenters. The van der Waals surface area contributed by atoms with E-state index in [0.29, 0.717) is 30.8 Å². The number of likely N-dealkylation sites (tertiary alicyclic amines) is 2. The van der Waals surface area contributed by atoms with Crippen molar-refractivity contribution in [2.45, 2.75) is 89.6 Å². The number of piperidine rings is 1. The molecule has 0 aromatic rings. The fourth-order valence-corrected chi connectivity index (χ4v) is 5.47. The second kappa shape index (κ2) is 9.90. The van der Waals surface area contributed by atoms with Crippen LogP contribution in [0, 0.1) is 5.92 Å². The summed E-state index contributed by atoms with van der Waals surface area (Å²) >= 11 is 0. The van der Waals surface area contributed by atoms with Crippen molar-refractivity contribution in [1.82, 2.24) is 14.7 Å². The maximum atomic E-state index is 12.8. The fraction of sp³-hybridized carbons (Fsp3) is 0.909. The Morgan fingerprint density at radius 1 is 0.889 bits per heavy atom. The van der Waals surface area contributed by atoms with Gasteiger partial charge in [-0.15, -0.1) is 0 Å². The van der Waals surface area contributed by atoms with E-state index >= 15 is 0 Å². The molecular formula is C22H39N3O2. The molecule has 1 saturated carbocycles. The van der Waals surface area contributed by atoms with Crippen LogP contribution in [-0.4, -0.2) is 71.8 Å². The average Bonchev–Trinajstić information content (AvgIpc) is 3.22. The Morgan fingerprint density at radius 2 is 1.59 bits per heavy atom. The van der Waals surface area contributed by atoms with E-state index in [1.165, 1.54) is 38.5 Å². The topological polar surface area (TPSA) is 43.9 Å². The summed E-state index contributed by atoms with van der Waals surface area (Å²) in [5.74, 6) is 1.06. The Labute approximate surface area is 165 Å². The van der Waals surface area contributed by atoms with Crippen LogP contribution in [0.4, 0.5) is 0 Å². The van der Waals surface area contributed by atoms with E-state index in [4.69, 9.17) is 0 Å².